The number of ether oxygens (including phenoxy) is 1. The SMILES string of the molecule is COc1ccc(CNc2nnc(N3CCC4(CC3)CC(O)C4)c3ccc(C#N)cc23)cc1Br. The molecular weight excluding hydrogens is 482 g/mol. The first kappa shape index (κ1) is 21.9. The number of methoxy groups -OCH3 is 1. The Labute approximate surface area is 201 Å². The minimum Gasteiger partial charge on any atom is -0.496 e. The van der Waals surface area contributed by atoms with Crippen LogP contribution in [0.1, 0.15) is 36.8 Å². The number of benzene rings is 2. The molecule has 1 spiro atoms. The van der Waals surface area contributed by atoms with E-state index in [9.17, 15) is 10.4 Å². The Hall–Kier alpha value is -2.89. The molecule has 1 aliphatic heterocycles. The van der Waals surface area contributed by atoms with E-state index in [-0.39, 0.29) is 6.10 Å². The summed E-state index contributed by atoms with van der Waals surface area (Å²) >= 11 is 3.53. The van der Waals surface area contributed by atoms with E-state index in [0.717, 1.165) is 71.1 Å². The molecule has 2 heterocycles. The lowest BCUT2D eigenvalue weighted by Crippen LogP contribution is -2.49. The van der Waals surface area contributed by atoms with Gasteiger partial charge < -0.3 is 20.1 Å². The number of halogens is 1. The normalized spacial score (nSPS) is 17.6. The van der Waals surface area contributed by atoms with Crippen molar-refractivity contribution in [3.05, 3.63) is 52.0 Å². The molecule has 0 unspecified atom stereocenters. The van der Waals surface area contributed by atoms with Crippen LogP contribution in [0.25, 0.3) is 10.8 Å². The van der Waals surface area contributed by atoms with Crippen LogP contribution in [-0.2, 0) is 6.54 Å². The molecule has 0 bridgehead atoms. The third-order valence-corrected chi connectivity index (χ3v) is 7.65. The number of piperidine rings is 1. The number of anilines is 2. The van der Waals surface area contributed by atoms with E-state index in [1.807, 2.05) is 36.4 Å². The number of aliphatic hydroxyl groups is 1. The van der Waals surface area contributed by atoms with Crippen LogP contribution < -0.4 is 15.0 Å². The van der Waals surface area contributed by atoms with Gasteiger partial charge in [-0.1, -0.05) is 6.07 Å². The van der Waals surface area contributed by atoms with Crippen molar-refractivity contribution in [3.8, 4) is 11.8 Å². The van der Waals surface area contributed by atoms with Gasteiger partial charge in [0.2, 0.25) is 0 Å². The molecule has 0 radical (unpaired) electrons. The monoisotopic (exact) mass is 507 g/mol. The van der Waals surface area contributed by atoms with E-state index in [4.69, 9.17) is 4.74 Å². The minimum absolute atomic E-state index is 0.127. The second-order valence-corrected chi connectivity index (χ2v) is 9.97. The van der Waals surface area contributed by atoms with Gasteiger partial charge in [0, 0.05) is 30.4 Å². The van der Waals surface area contributed by atoms with Crippen LogP contribution in [0.15, 0.2) is 40.9 Å². The Morgan fingerprint density at radius 1 is 1.18 bits per heavy atom. The average molecular weight is 508 g/mol. The van der Waals surface area contributed by atoms with E-state index < -0.39 is 0 Å². The fraction of sp³-hybridized carbons (Fsp3) is 0.400. The number of fused-ring (bicyclic) bond motifs is 1. The maximum absolute atomic E-state index is 9.77. The smallest absolute Gasteiger partial charge is 0.159 e. The number of hydrogen-bond donors (Lipinski definition) is 2. The van der Waals surface area contributed by atoms with E-state index in [0.29, 0.717) is 23.3 Å². The molecule has 0 amide bonds. The second kappa shape index (κ2) is 8.81. The van der Waals surface area contributed by atoms with Crippen molar-refractivity contribution in [2.45, 2.75) is 38.3 Å². The van der Waals surface area contributed by atoms with Crippen LogP contribution in [0.2, 0.25) is 0 Å². The quantitative estimate of drug-likeness (QED) is 0.519. The van der Waals surface area contributed by atoms with Gasteiger partial charge in [0.1, 0.15) is 5.75 Å². The molecule has 1 aromatic heterocycles. The Morgan fingerprint density at radius 3 is 2.64 bits per heavy atom. The predicted octanol–water partition coefficient (Wildman–Crippen LogP) is 4.63. The van der Waals surface area contributed by atoms with E-state index >= 15 is 0 Å². The molecule has 7 nitrogen and oxygen atoms in total. The van der Waals surface area contributed by atoms with Gasteiger partial charge in [0.25, 0.3) is 0 Å². The lowest BCUT2D eigenvalue weighted by molar-refractivity contribution is -0.0464. The number of nitriles is 1. The first-order chi connectivity index (χ1) is 16.0. The Kier molecular flexibility index (Phi) is 5.85. The zero-order chi connectivity index (χ0) is 23.0. The van der Waals surface area contributed by atoms with Gasteiger partial charge in [0.05, 0.1) is 29.3 Å². The topological polar surface area (TPSA) is 94.3 Å². The summed E-state index contributed by atoms with van der Waals surface area (Å²) in [6.07, 6.45) is 3.84. The summed E-state index contributed by atoms with van der Waals surface area (Å²) in [7, 11) is 1.64. The summed E-state index contributed by atoms with van der Waals surface area (Å²) in [5, 5.41) is 33.6. The lowest BCUT2D eigenvalue weighted by atomic mass is 9.61. The van der Waals surface area contributed by atoms with Gasteiger partial charge in [0.15, 0.2) is 11.6 Å². The number of rotatable bonds is 5. The van der Waals surface area contributed by atoms with E-state index in [2.05, 4.69) is 42.4 Å². The van der Waals surface area contributed by atoms with Gasteiger partial charge in [-0.2, -0.15) is 5.26 Å². The molecule has 2 aliphatic rings. The minimum atomic E-state index is -0.127. The molecule has 170 valence electrons. The summed E-state index contributed by atoms with van der Waals surface area (Å²) in [5.41, 5.74) is 1.97. The molecule has 1 aliphatic carbocycles. The second-order valence-electron chi connectivity index (χ2n) is 9.12. The van der Waals surface area contributed by atoms with Crippen molar-refractivity contribution in [2.75, 3.05) is 30.4 Å². The standard InChI is InChI=1S/C25H26BrN5O2/c1-33-22-5-3-17(11-21(22)26)15-28-23-20-10-16(14-27)2-4-19(20)24(30-29-23)31-8-6-25(7-9-31)12-18(32)13-25/h2-5,10-11,18,32H,6-9,12-13,15H2,1H3,(H,28,29). The number of aromatic nitrogens is 2. The number of aliphatic hydroxyl groups excluding tert-OH is 1. The summed E-state index contributed by atoms with van der Waals surface area (Å²) in [6, 6.07) is 13.9. The van der Waals surface area contributed by atoms with Crippen LogP contribution in [0.4, 0.5) is 11.6 Å². The van der Waals surface area contributed by atoms with Crippen LogP contribution >= 0.6 is 15.9 Å². The van der Waals surface area contributed by atoms with Gasteiger partial charge in [-0.15, -0.1) is 10.2 Å². The first-order valence-corrected chi connectivity index (χ1v) is 12.0. The molecule has 8 heteroatoms. The molecule has 2 N–H and O–H groups in total. The average Bonchev–Trinajstić information content (AvgIpc) is 2.82. The number of nitrogens with zero attached hydrogens (tertiary/aromatic N) is 4. The first-order valence-electron chi connectivity index (χ1n) is 11.2. The highest BCUT2D eigenvalue weighted by atomic mass is 79.9. The van der Waals surface area contributed by atoms with Crippen molar-refractivity contribution in [1.29, 1.82) is 5.26 Å². The summed E-state index contributed by atoms with van der Waals surface area (Å²) < 4.78 is 6.20. The lowest BCUT2D eigenvalue weighted by Gasteiger charge is -2.50. The van der Waals surface area contributed by atoms with Crippen molar-refractivity contribution in [1.82, 2.24) is 10.2 Å². The molecule has 3 aromatic rings. The molecule has 0 atom stereocenters. The van der Waals surface area contributed by atoms with Gasteiger partial charge in [-0.3, -0.25) is 0 Å². The maximum atomic E-state index is 9.77. The third kappa shape index (κ3) is 4.23. The molecule has 2 aromatic carbocycles. The molecular formula is C25H26BrN5O2. The fourth-order valence-corrected chi connectivity index (χ4v) is 5.71. The highest BCUT2D eigenvalue weighted by Gasteiger charge is 2.45. The molecule has 5 rings (SSSR count). The van der Waals surface area contributed by atoms with Gasteiger partial charge in [-0.05, 0) is 82.9 Å². The third-order valence-electron chi connectivity index (χ3n) is 7.03. The molecule has 1 saturated carbocycles. The zero-order valence-electron chi connectivity index (χ0n) is 18.5. The Bertz CT molecular complexity index is 1230. The van der Waals surface area contributed by atoms with Crippen molar-refractivity contribution < 1.29 is 9.84 Å². The van der Waals surface area contributed by atoms with Crippen molar-refractivity contribution >= 4 is 38.3 Å². The Morgan fingerprint density at radius 2 is 1.97 bits per heavy atom. The molecule has 33 heavy (non-hydrogen) atoms. The number of hydrogen-bond acceptors (Lipinski definition) is 7. The molecule has 1 saturated heterocycles. The number of nitrogens with one attached hydrogen (secondary N) is 1. The summed E-state index contributed by atoms with van der Waals surface area (Å²) in [5.74, 6) is 2.31. The van der Waals surface area contributed by atoms with Crippen LogP contribution in [0.3, 0.4) is 0 Å². The Balaban J connectivity index is 1.41. The van der Waals surface area contributed by atoms with Crippen LogP contribution in [0, 0.1) is 16.7 Å². The predicted molar refractivity (Wildman–Crippen MR) is 131 cm³/mol. The van der Waals surface area contributed by atoms with Crippen LogP contribution in [-0.4, -0.2) is 41.6 Å². The highest BCUT2D eigenvalue weighted by molar-refractivity contribution is 9.10. The largest absolute Gasteiger partial charge is 0.496 e. The van der Waals surface area contributed by atoms with E-state index in [1.165, 1.54) is 0 Å². The van der Waals surface area contributed by atoms with Crippen LogP contribution in [0.5, 0.6) is 5.75 Å². The maximum Gasteiger partial charge on any atom is 0.159 e. The summed E-state index contributed by atoms with van der Waals surface area (Å²) in [6.45, 7) is 2.38. The van der Waals surface area contributed by atoms with Crippen molar-refractivity contribution in [2.24, 2.45) is 5.41 Å². The highest BCUT2D eigenvalue weighted by Crippen LogP contribution is 2.49. The summed E-state index contributed by atoms with van der Waals surface area (Å²) in [4.78, 5) is 2.29. The van der Waals surface area contributed by atoms with Gasteiger partial charge in [-0.25, -0.2) is 0 Å². The van der Waals surface area contributed by atoms with Crippen molar-refractivity contribution in [3.63, 3.8) is 0 Å². The fourth-order valence-electron chi connectivity index (χ4n) is 5.12. The zero-order valence-corrected chi connectivity index (χ0v) is 20.1. The van der Waals surface area contributed by atoms with E-state index in [1.54, 1.807) is 7.11 Å². The molecule has 2 fully saturated rings. The van der Waals surface area contributed by atoms with Gasteiger partial charge >= 0.3 is 0 Å².